The largest absolute Gasteiger partial charge is 0.343 e. The molecule has 0 saturated carbocycles. The van der Waals surface area contributed by atoms with Gasteiger partial charge in [-0.1, -0.05) is 60.7 Å². The summed E-state index contributed by atoms with van der Waals surface area (Å²) in [5.74, 6) is 0.765. The second-order valence-corrected chi connectivity index (χ2v) is 6.45. The molecule has 2 heterocycles. The van der Waals surface area contributed by atoms with Crippen LogP contribution in [-0.2, 0) is 6.54 Å². The number of hydrogen-bond donors (Lipinski definition) is 0. The van der Waals surface area contributed by atoms with E-state index in [0.717, 1.165) is 28.8 Å². The highest BCUT2D eigenvalue weighted by molar-refractivity contribution is 5.80. The van der Waals surface area contributed by atoms with E-state index in [1.807, 2.05) is 30.5 Å². The third-order valence-electron chi connectivity index (χ3n) is 4.73. The Morgan fingerprint density at radius 3 is 2.38 bits per heavy atom. The van der Waals surface area contributed by atoms with Crippen molar-refractivity contribution >= 4 is 21.8 Å². The molecule has 3 aromatic carbocycles. The van der Waals surface area contributed by atoms with Gasteiger partial charge in [0, 0.05) is 35.4 Å². The first-order chi connectivity index (χ1) is 12.9. The summed E-state index contributed by atoms with van der Waals surface area (Å²) in [6.07, 6.45) is 4.03. The van der Waals surface area contributed by atoms with Crippen LogP contribution in [0, 0.1) is 0 Å². The first-order valence-electron chi connectivity index (χ1n) is 8.72. The van der Waals surface area contributed by atoms with Crippen molar-refractivity contribution in [3.05, 3.63) is 96.8 Å². The summed E-state index contributed by atoms with van der Waals surface area (Å²) in [4.78, 5) is 9.18. The first kappa shape index (κ1) is 14.8. The molecule has 3 heteroatoms. The molecule has 0 bridgehead atoms. The van der Waals surface area contributed by atoms with Crippen molar-refractivity contribution in [3.8, 4) is 11.4 Å². The van der Waals surface area contributed by atoms with Gasteiger partial charge in [0.15, 0.2) is 5.82 Å². The topological polar surface area (TPSA) is 30.7 Å². The predicted molar refractivity (Wildman–Crippen MR) is 106 cm³/mol. The number of rotatable bonds is 3. The third kappa shape index (κ3) is 2.64. The molecule has 0 atom stereocenters. The van der Waals surface area contributed by atoms with Crippen LogP contribution in [0.25, 0.3) is 33.2 Å². The SMILES string of the molecule is c1ccc2nc(-c3ccc(Cn4ccc5ccccc54)cc3)ncc2c1. The highest BCUT2D eigenvalue weighted by Crippen LogP contribution is 2.21. The zero-order chi connectivity index (χ0) is 17.3. The molecule has 3 nitrogen and oxygen atoms in total. The summed E-state index contributed by atoms with van der Waals surface area (Å²) in [7, 11) is 0. The van der Waals surface area contributed by atoms with E-state index in [1.54, 1.807) is 0 Å². The lowest BCUT2D eigenvalue weighted by atomic mass is 10.1. The van der Waals surface area contributed by atoms with Gasteiger partial charge in [-0.15, -0.1) is 0 Å². The van der Waals surface area contributed by atoms with Gasteiger partial charge in [0.25, 0.3) is 0 Å². The number of nitrogens with zero attached hydrogens (tertiary/aromatic N) is 3. The van der Waals surface area contributed by atoms with Gasteiger partial charge in [0.2, 0.25) is 0 Å². The summed E-state index contributed by atoms with van der Waals surface area (Å²) >= 11 is 0. The smallest absolute Gasteiger partial charge is 0.159 e. The minimum atomic E-state index is 0.765. The summed E-state index contributed by atoms with van der Waals surface area (Å²) in [5.41, 5.74) is 4.53. The van der Waals surface area contributed by atoms with Crippen LogP contribution in [-0.4, -0.2) is 14.5 Å². The minimum Gasteiger partial charge on any atom is -0.343 e. The number of aromatic nitrogens is 3. The van der Waals surface area contributed by atoms with Crippen molar-refractivity contribution in [2.24, 2.45) is 0 Å². The quantitative estimate of drug-likeness (QED) is 0.448. The van der Waals surface area contributed by atoms with Crippen LogP contribution in [0.5, 0.6) is 0 Å². The zero-order valence-electron chi connectivity index (χ0n) is 14.2. The van der Waals surface area contributed by atoms with Crippen LogP contribution in [0.3, 0.4) is 0 Å². The fourth-order valence-electron chi connectivity index (χ4n) is 3.35. The van der Waals surface area contributed by atoms with Crippen LogP contribution in [0.2, 0.25) is 0 Å². The molecule has 0 unspecified atom stereocenters. The second kappa shape index (κ2) is 6.12. The van der Waals surface area contributed by atoms with Gasteiger partial charge in [0.05, 0.1) is 5.52 Å². The molecule has 0 spiro atoms. The van der Waals surface area contributed by atoms with Crippen molar-refractivity contribution in [2.45, 2.75) is 6.54 Å². The molecular weight excluding hydrogens is 318 g/mol. The third-order valence-corrected chi connectivity index (χ3v) is 4.73. The van der Waals surface area contributed by atoms with Crippen LogP contribution in [0.1, 0.15) is 5.56 Å². The zero-order valence-corrected chi connectivity index (χ0v) is 14.2. The van der Waals surface area contributed by atoms with E-state index in [1.165, 1.54) is 16.5 Å². The maximum absolute atomic E-state index is 4.68. The normalized spacial score (nSPS) is 11.2. The molecule has 2 aromatic heterocycles. The van der Waals surface area contributed by atoms with Crippen LogP contribution < -0.4 is 0 Å². The lowest BCUT2D eigenvalue weighted by Crippen LogP contribution is -1.98. The van der Waals surface area contributed by atoms with Gasteiger partial charge >= 0.3 is 0 Å². The molecule has 124 valence electrons. The molecule has 0 amide bonds. The lowest BCUT2D eigenvalue weighted by molar-refractivity contribution is 0.837. The maximum atomic E-state index is 4.68. The average Bonchev–Trinajstić information content (AvgIpc) is 3.11. The Morgan fingerprint density at radius 2 is 1.50 bits per heavy atom. The molecule has 0 fully saturated rings. The van der Waals surface area contributed by atoms with Gasteiger partial charge in [-0.05, 0) is 29.1 Å². The molecule has 0 N–H and O–H groups in total. The number of para-hydroxylation sites is 2. The molecule has 0 aliphatic heterocycles. The average molecular weight is 335 g/mol. The Balaban J connectivity index is 1.44. The van der Waals surface area contributed by atoms with Crippen molar-refractivity contribution in [3.63, 3.8) is 0 Å². The van der Waals surface area contributed by atoms with Crippen molar-refractivity contribution in [1.29, 1.82) is 0 Å². The Morgan fingerprint density at radius 1 is 0.731 bits per heavy atom. The fourth-order valence-corrected chi connectivity index (χ4v) is 3.35. The van der Waals surface area contributed by atoms with Gasteiger partial charge in [0.1, 0.15) is 0 Å². The van der Waals surface area contributed by atoms with Gasteiger partial charge in [-0.25, -0.2) is 9.97 Å². The van der Waals surface area contributed by atoms with Crippen molar-refractivity contribution in [1.82, 2.24) is 14.5 Å². The Bertz CT molecular complexity index is 1200. The lowest BCUT2D eigenvalue weighted by Gasteiger charge is -2.07. The second-order valence-electron chi connectivity index (χ2n) is 6.45. The summed E-state index contributed by atoms with van der Waals surface area (Å²) in [6.45, 7) is 0.854. The van der Waals surface area contributed by atoms with E-state index >= 15 is 0 Å². The Labute approximate surface area is 151 Å². The fraction of sp³-hybridized carbons (Fsp3) is 0.0435. The standard InChI is InChI=1S/C23H17N3/c1-3-7-21-20(6-1)15-24-23(25-21)19-11-9-17(10-12-19)16-26-14-13-18-5-2-4-8-22(18)26/h1-15H,16H2. The van der Waals surface area contributed by atoms with Gasteiger partial charge in [-0.2, -0.15) is 0 Å². The van der Waals surface area contributed by atoms with Gasteiger partial charge in [-0.3, -0.25) is 0 Å². The van der Waals surface area contributed by atoms with Crippen LogP contribution >= 0.6 is 0 Å². The van der Waals surface area contributed by atoms with E-state index in [4.69, 9.17) is 0 Å². The molecule has 0 aliphatic carbocycles. The van der Waals surface area contributed by atoms with E-state index in [0.29, 0.717) is 0 Å². The molecule has 0 radical (unpaired) electrons. The van der Waals surface area contributed by atoms with Crippen molar-refractivity contribution < 1.29 is 0 Å². The van der Waals surface area contributed by atoms with Crippen molar-refractivity contribution in [2.75, 3.05) is 0 Å². The monoisotopic (exact) mass is 335 g/mol. The molecule has 0 saturated heterocycles. The summed E-state index contributed by atoms with van der Waals surface area (Å²) < 4.78 is 2.27. The van der Waals surface area contributed by atoms with E-state index in [9.17, 15) is 0 Å². The van der Waals surface area contributed by atoms with Gasteiger partial charge < -0.3 is 4.57 Å². The highest BCUT2D eigenvalue weighted by atomic mass is 14.9. The maximum Gasteiger partial charge on any atom is 0.159 e. The number of fused-ring (bicyclic) bond motifs is 2. The predicted octanol–water partition coefficient (Wildman–Crippen LogP) is 5.30. The van der Waals surface area contributed by atoms with E-state index in [2.05, 4.69) is 75.3 Å². The Kier molecular flexibility index (Phi) is 3.49. The molecule has 5 aromatic rings. The molecule has 5 rings (SSSR count). The summed E-state index contributed by atoms with van der Waals surface area (Å²) in [5, 5.41) is 2.33. The number of benzene rings is 3. The van der Waals surface area contributed by atoms with E-state index in [-0.39, 0.29) is 0 Å². The van der Waals surface area contributed by atoms with Crippen LogP contribution in [0.4, 0.5) is 0 Å². The number of hydrogen-bond acceptors (Lipinski definition) is 2. The van der Waals surface area contributed by atoms with E-state index < -0.39 is 0 Å². The summed E-state index contributed by atoms with van der Waals surface area (Å²) in [6, 6.07) is 27.2. The molecular formula is C23H17N3. The molecule has 26 heavy (non-hydrogen) atoms. The minimum absolute atomic E-state index is 0.765. The molecule has 0 aliphatic rings. The highest BCUT2D eigenvalue weighted by Gasteiger charge is 2.05. The first-order valence-corrected chi connectivity index (χ1v) is 8.72. The van der Waals surface area contributed by atoms with Crippen LogP contribution in [0.15, 0.2) is 91.3 Å². The Hall–Kier alpha value is -3.46.